The topological polar surface area (TPSA) is 50.4 Å². The number of nitrogens with one attached hydrogen (secondary N) is 2. The maximum Gasteiger partial charge on any atom is 0.242 e. The Morgan fingerprint density at radius 3 is 2.89 bits per heavy atom. The fourth-order valence-corrected chi connectivity index (χ4v) is 2.05. The Morgan fingerprint density at radius 1 is 1.56 bits per heavy atom. The summed E-state index contributed by atoms with van der Waals surface area (Å²) in [4.78, 5) is 11.7. The van der Waals surface area contributed by atoms with Crippen LogP contribution in [0.4, 0.5) is 5.69 Å². The molecule has 0 saturated heterocycles. The molecule has 0 aliphatic rings. The maximum absolute atomic E-state index is 11.7. The second-order valence-corrected chi connectivity index (χ2v) is 5.80. The molecule has 0 radical (unpaired) electrons. The molecular formula is C12H16BrIN2O2. The zero-order chi connectivity index (χ0) is 13.5. The Kier molecular flexibility index (Phi) is 6.95. The lowest BCUT2D eigenvalue weighted by Crippen LogP contribution is -2.39. The molecule has 1 aromatic carbocycles. The third-order valence-corrected chi connectivity index (χ3v) is 4.64. The number of amides is 1. The van der Waals surface area contributed by atoms with Crippen molar-refractivity contribution in [3.63, 3.8) is 0 Å². The fraction of sp³-hybridized carbons (Fsp3) is 0.417. The highest BCUT2D eigenvalue weighted by atomic mass is 127. The van der Waals surface area contributed by atoms with Crippen LogP contribution in [-0.4, -0.2) is 32.2 Å². The van der Waals surface area contributed by atoms with Gasteiger partial charge in [-0.25, -0.2) is 0 Å². The molecule has 0 fully saturated rings. The monoisotopic (exact) mass is 426 g/mol. The van der Waals surface area contributed by atoms with Crippen molar-refractivity contribution in [2.24, 2.45) is 0 Å². The normalized spacial score (nSPS) is 12.0. The number of benzene rings is 1. The van der Waals surface area contributed by atoms with Crippen molar-refractivity contribution < 1.29 is 9.53 Å². The SMILES string of the molecule is COCCNC(=O)C(C)Nc1ccc(I)c(Br)c1. The highest BCUT2D eigenvalue weighted by Crippen LogP contribution is 2.23. The maximum atomic E-state index is 11.7. The van der Waals surface area contributed by atoms with Crippen LogP contribution in [0.15, 0.2) is 22.7 Å². The Balaban J connectivity index is 2.50. The Morgan fingerprint density at radius 2 is 2.28 bits per heavy atom. The van der Waals surface area contributed by atoms with Crippen LogP contribution in [0, 0.1) is 3.57 Å². The summed E-state index contributed by atoms with van der Waals surface area (Å²) in [6, 6.07) is 5.61. The molecule has 4 nitrogen and oxygen atoms in total. The van der Waals surface area contributed by atoms with Crippen LogP contribution in [0.5, 0.6) is 0 Å². The van der Waals surface area contributed by atoms with E-state index in [-0.39, 0.29) is 11.9 Å². The molecule has 0 saturated carbocycles. The van der Waals surface area contributed by atoms with Crippen LogP contribution in [0.3, 0.4) is 0 Å². The third kappa shape index (κ3) is 5.11. The molecule has 2 N–H and O–H groups in total. The fourth-order valence-electron chi connectivity index (χ4n) is 1.33. The van der Waals surface area contributed by atoms with E-state index in [0.29, 0.717) is 13.2 Å². The van der Waals surface area contributed by atoms with Crippen molar-refractivity contribution in [2.45, 2.75) is 13.0 Å². The highest BCUT2D eigenvalue weighted by Gasteiger charge is 2.12. The van der Waals surface area contributed by atoms with Crippen LogP contribution in [0.2, 0.25) is 0 Å². The first-order chi connectivity index (χ1) is 8.54. The largest absolute Gasteiger partial charge is 0.383 e. The summed E-state index contributed by atoms with van der Waals surface area (Å²) in [7, 11) is 1.61. The second-order valence-electron chi connectivity index (χ2n) is 3.78. The van der Waals surface area contributed by atoms with E-state index < -0.39 is 0 Å². The lowest BCUT2D eigenvalue weighted by molar-refractivity contribution is -0.121. The van der Waals surface area contributed by atoms with Gasteiger partial charge in [-0.2, -0.15) is 0 Å². The number of rotatable bonds is 6. The minimum atomic E-state index is -0.284. The average Bonchev–Trinajstić information content (AvgIpc) is 2.34. The predicted molar refractivity (Wildman–Crippen MR) is 84.8 cm³/mol. The molecule has 1 amide bonds. The molecule has 100 valence electrons. The number of hydrogen-bond donors (Lipinski definition) is 2. The van der Waals surface area contributed by atoms with Gasteiger partial charge in [-0.3, -0.25) is 4.79 Å². The first-order valence-electron chi connectivity index (χ1n) is 5.53. The van der Waals surface area contributed by atoms with Gasteiger partial charge in [-0.15, -0.1) is 0 Å². The van der Waals surface area contributed by atoms with Gasteiger partial charge in [0, 0.05) is 27.4 Å². The molecule has 18 heavy (non-hydrogen) atoms. The zero-order valence-electron chi connectivity index (χ0n) is 10.3. The van der Waals surface area contributed by atoms with Gasteiger partial charge in [-0.05, 0) is 63.6 Å². The Bertz CT molecular complexity index is 415. The molecule has 1 atom stereocenters. The summed E-state index contributed by atoms with van der Waals surface area (Å²) in [5, 5.41) is 5.94. The first kappa shape index (κ1) is 15.7. The minimum absolute atomic E-state index is 0.0401. The average molecular weight is 427 g/mol. The molecule has 0 aliphatic heterocycles. The molecule has 0 heterocycles. The van der Waals surface area contributed by atoms with Crippen molar-refractivity contribution >= 4 is 50.1 Å². The number of ether oxygens (including phenoxy) is 1. The zero-order valence-corrected chi connectivity index (χ0v) is 14.0. The van der Waals surface area contributed by atoms with E-state index >= 15 is 0 Å². The molecule has 1 aromatic rings. The number of carbonyl (C=O) groups is 1. The number of hydrogen-bond acceptors (Lipinski definition) is 3. The van der Waals surface area contributed by atoms with Gasteiger partial charge >= 0.3 is 0 Å². The van der Waals surface area contributed by atoms with Crippen molar-refractivity contribution in [2.75, 3.05) is 25.6 Å². The van der Waals surface area contributed by atoms with Gasteiger partial charge in [0.25, 0.3) is 0 Å². The first-order valence-corrected chi connectivity index (χ1v) is 7.40. The van der Waals surface area contributed by atoms with E-state index in [1.165, 1.54) is 0 Å². The van der Waals surface area contributed by atoms with Gasteiger partial charge in [0.2, 0.25) is 5.91 Å². The van der Waals surface area contributed by atoms with E-state index in [1.54, 1.807) is 7.11 Å². The van der Waals surface area contributed by atoms with E-state index in [0.717, 1.165) is 13.7 Å². The molecule has 6 heteroatoms. The van der Waals surface area contributed by atoms with Gasteiger partial charge in [0.05, 0.1) is 6.61 Å². The van der Waals surface area contributed by atoms with E-state index in [1.807, 2.05) is 25.1 Å². The quantitative estimate of drug-likeness (QED) is 0.543. The van der Waals surface area contributed by atoms with E-state index in [2.05, 4.69) is 49.2 Å². The second kappa shape index (κ2) is 7.96. The van der Waals surface area contributed by atoms with E-state index in [9.17, 15) is 4.79 Å². The molecule has 0 aromatic heterocycles. The molecule has 1 unspecified atom stereocenters. The molecule has 0 spiro atoms. The van der Waals surface area contributed by atoms with Gasteiger partial charge < -0.3 is 15.4 Å². The Hall–Kier alpha value is -0.340. The molecule has 0 bridgehead atoms. The summed E-state index contributed by atoms with van der Waals surface area (Å²) < 4.78 is 7.03. The summed E-state index contributed by atoms with van der Waals surface area (Å²) in [5.74, 6) is -0.0401. The summed E-state index contributed by atoms with van der Waals surface area (Å²) >= 11 is 5.70. The summed E-state index contributed by atoms with van der Waals surface area (Å²) in [6.07, 6.45) is 0. The lowest BCUT2D eigenvalue weighted by Gasteiger charge is -2.15. The molecule has 0 aliphatic carbocycles. The van der Waals surface area contributed by atoms with Crippen LogP contribution in [0.25, 0.3) is 0 Å². The third-order valence-electron chi connectivity index (χ3n) is 2.30. The van der Waals surface area contributed by atoms with Crippen molar-refractivity contribution in [3.05, 3.63) is 26.2 Å². The summed E-state index contributed by atoms with van der Waals surface area (Å²) in [5.41, 5.74) is 0.914. The Labute approximate surface area is 129 Å². The lowest BCUT2D eigenvalue weighted by atomic mass is 10.2. The summed E-state index contributed by atoms with van der Waals surface area (Å²) in [6.45, 7) is 2.87. The van der Waals surface area contributed by atoms with Crippen molar-refractivity contribution in [1.82, 2.24) is 5.32 Å². The number of methoxy groups -OCH3 is 1. The van der Waals surface area contributed by atoms with Crippen LogP contribution in [-0.2, 0) is 9.53 Å². The predicted octanol–water partition coefficient (Wildman–Crippen LogP) is 2.62. The highest BCUT2D eigenvalue weighted by molar-refractivity contribution is 14.1. The smallest absolute Gasteiger partial charge is 0.242 e. The van der Waals surface area contributed by atoms with Crippen LogP contribution in [0.1, 0.15) is 6.92 Å². The van der Waals surface area contributed by atoms with Gasteiger partial charge in [0.1, 0.15) is 6.04 Å². The van der Waals surface area contributed by atoms with Crippen LogP contribution >= 0.6 is 38.5 Å². The number of anilines is 1. The number of carbonyl (C=O) groups excluding carboxylic acids is 1. The van der Waals surface area contributed by atoms with Crippen molar-refractivity contribution in [3.8, 4) is 0 Å². The van der Waals surface area contributed by atoms with Crippen LogP contribution < -0.4 is 10.6 Å². The molecular weight excluding hydrogens is 411 g/mol. The van der Waals surface area contributed by atoms with E-state index in [4.69, 9.17) is 4.74 Å². The van der Waals surface area contributed by atoms with Gasteiger partial charge in [0.15, 0.2) is 0 Å². The standard InChI is InChI=1S/C12H16BrIN2O2/c1-8(12(17)15-5-6-18-2)16-9-3-4-11(14)10(13)7-9/h3-4,7-8,16H,5-6H2,1-2H3,(H,15,17). The minimum Gasteiger partial charge on any atom is -0.383 e. The van der Waals surface area contributed by atoms with Gasteiger partial charge in [-0.1, -0.05) is 0 Å². The molecule has 1 rings (SSSR count). The number of halogens is 2. The van der Waals surface area contributed by atoms with Crippen molar-refractivity contribution in [1.29, 1.82) is 0 Å².